The number of carbonyl (C=O) groups excluding carboxylic acids is 1. The van der Waals surface area contributed by atoms with Crippen LogP contribution in [0.4, 0.5) is 0 Å². The number of benzene rings is 1. The Morgan fingerprint density at radius 3 is 2.74 bits per heavy atom. The molecule has 0 unspecified atom stereocenters. The van der Waals surface area contributed by atoms with Crippen molar-refractivity contribution in [2.75, 3.05) is 0 Å². The molecule has 0 saturated heterocycles. The Kier molecular flexibility index (Phi) is 4.01. The Bertz CT molecular complexity index is 667. The Hall–Kier alpha value is -2.08. The van der Waals surface area contributed by atoms with Crippen LogP contribution in [0.25, 0.3) is 0 Å². The van der Waals surface area contributed by atoms with Gasteiger partial charge in [-0.1, -0.05) is 34.1 Å². The second-order valence-electron chi connectivity index (χ2n) is 3.89. The molecule has 0 atom stereocenters. The van der Waals surface area contributed by atoms with Crippen LogP contribution < -0.4 is 10.9 Å². The number of halogens is 1. The number of H-pyrrole nitrogens is 1. The van der Waals surface area contributed by atoms with E-state index in [0.717, 1.165) is 16.1 Å². The highest BCUT2D eigenvalue weighted by atomic mass is 79.9. The molecule has 1 amide bonds. The molecule has 1 heterocycles. The lowest BCUT2D eigenvalue weighted by atomic mass is 10.2. The van der Waals surface area contributed by atoms with Crippen molar-refractivity contribution in [2.24, 2.45) is 0 Å². The molecule has 0 fully saturated rings. The predicted octanol–water partition coefficient (Wildman–Crippen LogP) is 1.77. The van der Waals surface area contributed by atoms with Crippen LogP contribution in [0.2, 0.25) is 0 Å². The number of aromatic hydroxyl groups is 1. The first-order chi connectivity index (χ1) is 9.06. The highest BCUT2D eigenvalue weighted by Crippen LogP contribution is 2.15. The third kappa shape index (κ3) is 3.45. The van der Waals surface area contributed by atoms with Crippen molar-refractivity contribution in [1.82, 2.24) is 10.3 Å². The van der Waals surface area contributed by atoms with E-state index in [2.05, 4.69) is 26.2 Å². The topological polar surface area (TPSA) is 82.2 Å². The summed E-state index contributed by atoms with van der Waals surface area (Å²) in [5, 5.41) is 11.9. The number of rotatable bonds is 3. The number of aromatic nitrogens is 1. The lowest BCUT2D eigenvalue weighted by molar-refractivity contribution is 0.0950. The lowest BCUT2D eigenvalue weighted by Gasteiger charge is -2.07. The van der Waals surface area contributed by atoms with Crippen LogP contribution in [0.15, 0.2) is 45.7 Å². The lowest BCUT2D eigenvalue weighted by Crippen LogP contribution is -2.24. The van der Waals surface area contributed by atoms with Gasteiger partial charge in [0.15, 0.2) is 5.88 Å². The van der Waals surface area contributed by atoms with E-state index in [4.69, 9.17) is 0 Å². The fourth-order valence-corrected chi connectivity index (χ4v) is 2.00. The zero-order chi connectivity index (χ0) is 13.8. The summed E-state index contributed by atoms with van der Waals surface area (Å²) >= 11 is 3.38. The highest BCUT2D eigenvalue weighted by Gasteiger charge is 2.08. The fraction of sp³-hybridized carbons (Fsp3) is 0.0769. The average molecular weight is 323 g/mol. The normalized spacial score (nSPS) is 10.2. The maximum Gasteiger partial charge on any atom is 0.251 e. The van der Waals surface area contributed by atoms with Gasteiger partial charge in [-0.05, 0) is 11.6 Å². The van der Waals surface area contributed by atoms with Crippen molar-refractivity contribution in [3.63, 3.8) is 0 Å². The number of amides is 1. The molecule has 0 radical (unpaired) electrons. The molecule has 98 valence electrons. The SMILES string of the molecule is O=C(NCc1ccccc1Br)c1cc(O)[nH]c(=O)c1. The number of hydrogen-bond acceptors (Lipinski definition) is 3. The number of pyridine rings is 1. The predicted molar refractivity (Wildman–Crippen MR) is 74.0 cm³/mol. The minimum atomic E-state index is -0.522. The van der Waals surface area contributed by atoms with E-state index in [1.54, 1.807) is 0 Å². The smallest absolute Gasteiger partial charge is 0.251 e. The standard InChI is InChI=1S/C13H11BrN2O3/c14-10-4-2-1-3-8(10)7-15-13(19)9-5-11(17)16-12(18)6-9/h1-6H,7H2,(H,15,19)(H2,16,17,18). The Morgan fingerprint density at radius 2 is 2.05 bits per heavy atom. The molecule has 1 aromatic carbocycles. The quantitative estimate of drug-likeness (QED) is 0.805. The van der Waals surface area contributed by atoms with Crippen LogP contribution >= 0.6 is 15.9 Å². The molecule has 0 spiro atoms. The van der Waals surface area contributed by atoms with Gasteiger partial charge in [-0.2, -0.15) is 0 Å². The Balaban J connectivity index is 2.10. The van der Waals surface area contributed by atoms with Crippen molar-refractivity contribution in [1.29, 1.82) is 0 Å². The molecule has 19 heavy (non-hydrogen) atoms. The summed E-state index contributed by atoms with van der Waals surface area (Å²) in [6.07, 6.45) is 0. The van der Waals surface area contributed by atoms with Gasteiger partial charge in [-0.25, -0.2) is 0 Å². The molecule has 2 aromatic rings. The molecule has 0 bridgehead atoms. The van der Waals surface area contributed by atoms with Gasteiger partial charge in [0.1, 0.15) is 0 Å². The molecule has 0 aliphatic rings. The van der Waals surface area contributed by atoms with Crippen LogP contribution in [-0.4, -0.2) is 16.0 Å². The largest absolute Gasteiger partial charge is 0.494 e. The van der Waals surface area contributed by atoms with E-state index in [-0.39, 0.29) is 11.4 Å². The first kappa shape index (κ1) is 13.4. The maximum atomic E-state index is 11.8. The van der Waals surface area contributed by atoms with E-state index in [0.29, 0.717) is 6.54 Å². The summed E-state index contributed by atoms with van der Waals surface area (Å²) in [4.78, 5) is 25.1. The van der Waals surface area contributed by atoms with Gasteiger partial charge in [0.05, 0.1) is 5.56 Å². The third-order valence-electron chi connectivity index (χ3n) is 2.49. The minimum Gasteiger partial charge on any atom is -0.494 e. The van der Waals surface area contributed by atoms with Crippen molar-refractivity contribution < 1.29 is 9.90 Å². The van der Waals surface area contributed by atoms with E-state index >= 15 is 0 Å². The van der Waals surface area contributed by atoms with Crippen LogP contribution in [0.1, 0.15) is 15.9 Å². The van der Waals surface area contributed by atoms with Crippen LogP contribution in [0, 0.1) is 0 Å². The number of nitrogens with one attached hydrogen (secondary N) is 2. The van der Waals surface area contributed by atoms with E-state index in [1.807, 2.05) is 24.3 Å². The van der Waals surface area contributed by atoms with Gasteiger partial charge in [0.25, 0.3) is 11.5 Å². The van der Waals surface area contributed by atoms with Crippen molar-refractivity contribution >= 4 is 21.8 Å². The monoisotopic (exact) mass is 322 g/mol. The molecule has 0 saturated carbocycles. The molecule has 5 nitrogen and oxygen atoms in total. The summed E-state index contributed by atoms with van der Waals surface area (Å²) in [7, 11) is 0. The first-order valence-corrected chi connectivity index (χ1v) is 6.30. The Morgan fingerprint density at radius 1 is 1.32 bits per heavy atom. The van der Waals surface area contributed by atoms with Crippen molar-refractivity contribution in [3.05, 3.63) is 62.4 Å². The molecule has 2 rings (SSSR count). The van der Waals surface area contributed by atoms with E-state index < -0.39 is 11.5 Å². The molecule has 0 aliphatic heterocycles. The second kappa shape index (κ2) is 5.71. The van der Waals surface area contributed by atoms with Crippen molar-refractivity contribution in [3.8, 4) is 5.88 Å². The minimum absolute atomic E-state index is 0.119. The highest BCUT2D eigenvalue weighted by molar-refractivity contribution is 9.10. The molecule has 1 aromatic heterocycles. The summed E-state index contributed by atoms with van der Waals surface area (Å²) < 4.78 is 0.893. The summed E-state index contributed by atoms with van der Waals surface area (Å²) in [5.74, 6) is -0.754. The summed E-state index contributed by atoms with van der Waals surface area (Å²) in [6, 6.07) is 9.83. The van der Waals surface area contributed by atoms with Gasteiger partial charge >= 0.3 is 0 Å². The summed E-state index contributed by atoms with van der Waals surface area (Å²) in [6.45, 7) is 0.327. The average Bonchev–Trinajstić information content (AvgIpc) is 2.36. The number of hydrogen-bond donors (Lipinski definition) is 3. The van der Waals surface area contributed by atoms with Gasteiger partial charge in [-0.3, -0.25) is 14.6 Å². The van der Waals surface area contributed by atoms with Crippen LogP contribution in [0.5, 0.6) is 5.88 Å². The van der Waals surface area contributed by atoms with Gasteiger partial charge in [0.2, 0.25) is 0 Å². The number of aromatic amines is 1. The second-order valence-corrected chi connectivity index (χ2v) is 4.75. The molecule has 3 N–H and O–H groups in total. The Labute approximate surface area is 117 Å². The van der Waals surface area contributed by atoms with E-state index in [9.17, 15) is 14.7 Å². The van der Waals surface area contributed by atoms with Gasteiger partial charge in [-0.15, -0.1) is 0 Å². The third-order valence-corrected chi connectivity index (χ3v) is 3.26. The van der Waals surface area contributed by atoms with Gasteiger partial charge in [0, 0.05) is 23.2 Å². The zero-order valence-corrected chi connectivity index (χ0v) is 11.4. The first-order valence-electron chi connectivity index (χ1n) is 5.51. The molecule has 6 heteroatoms. The summed E-state index contributed by atoms with van der Waals surface area (Å²) in [5.41, 5.74) is 0.518. The van der Waals surface area contributed by atoms with Crippen LogP contribution in [0.3, 0.4) is 0 Å². The fourth-order valence-electron chi connectivity index (χ4n) is 1.58. The zero-order valence-electron chi connectivity index (χ0n) is 9.81. The molecule has 0 aliphatic carbocycles. The number of carbonyl (C=O) groups is 1. The van der Waals surface area contributed by atoms with E-state index in [1.165, 1.54) is 6.07 Å². The maximum absolute atomic E-state index is 11.8. The molecular weight excluding hydrogens is 312 g/mol. The van der Waals surface area contributed by atoms with Crippen LogP contribution in [-0.2, 0) is 6.54 Å². The van der Waals surface area contributed by atoms with Crippen molar-refractivity contribution in [2.45, 2.75) is 6.54 Å². The molecular formula is C13H11BrN2O3. The van der Waals surface area contributed by atoms with Gasteiger partial charge < -0.3 is 10.4 Å².